The molecular weight excluding hydrogens is 1360 g/mol. The lowest BCUT2D eigenvalue weighted by molar-refractivity contribution is 0.726. The predicted molar refractivity (Wildman–Crippen MR) is 484 cm³/mol. The van der Waals surface area contributed by atoms with Gasteiger partial charge in [-0.2, -0.15) is 0 Å². The molecule has 0 radical (unpaired) electrons. The van der Waals surface area contributed by atoms with Gasteiger partial charge >= 0.3 is 0 Å². The molecule has 15 rings (SSSR count). The van der Waals surface area contributed by atoms with Crippen LogP contribution in [0.25, 0.3) is 0 Å². The molecule has 5 atom stereocenters. The molecule has 18 nitrogen and oxygen atoms in total. The fraction of sp³-hybridized carbons (Fsp3) is 0.435. The summed E-state index contributed by atoms with van der Waals surface area (Å²) in [6, 6.07) is 46.3. The number of fused-ring (bicyclic) bond motifs is 5. The number of rotatable bonds is 5. The first kappa shape index (κ1) is 97.7. The second kappa shape index (κ2) is 51.9. The van der Waals surface area contributed by atoms with E-state index in [0.29, 0.717) is 12.3 Å². The fourth-order valence-electron chi connectivity index (χ4n) is 12.5. The normalized spacial score (nSPS) is 15.3. The van der Waals surface area contributed by atoms with Gasteiger partial charge in [0.1, 0.15) is 54.9 Å². The van der Waals surface area contributed by atoms with Crippen LogP contribution in [-0.4, -0.2) is 106 Å². The van der Waals surface area contributed by atoms with Gasteiger partial charge in [0.05, 0.1) is 47.5 Å². The van der Waals surface area contributed by atoms with Gasteiger partial charge in [-0.3, -0.25) is 9.97 Å². The molecule has 5 aromatic carbocycles. The third-order valence-corrected chi connectivity index (χ3v) is 18.1. The van der Waals surface area contributed by atoms with E-state index in [9.17, 15) is 0 Å². The number of hydrogen-bond acceptors (Lipinski definition) is 18. The molecule has 0 aliphatic carbocycles. The number of nitrogens with zero attached hydrogens (tertiary/aromatic N) is 18. The Bertz CT molecular complexity index is 3520. The lowest BCUT2D eigenvalue weighted by Gasteiger charge is -2.28. The van der Waals surface area contributed by atoms with Crippen LogP contribution in [0.1, 0.15) is 201 Å². The molecule has 10 heterocycles. The number of aromatic nitrogens is 8. The van der Waals surface area contributed by atoms with Crippen LogP contribution in [0, 0.1) is 34.6 Å². The Hall–Kier alpha value is -10.4. The van der Waals surface area contributed by atoms with Crippen LogP contribution in [0.4, 0.5) is 85.8 Å². The van der Waals surface area contributed by atoms with Crippen molar-refractivity contribution in [1.82, 2.24) is 39.9 Å². The second-order valence-electron chi connectivity index (χ2n) is 23.4. The summed E-state index contributed by atoms with van der Waals surface area (Å²) in [5.74, 6) is 3.84. The monoisotopic (exact) mass is 1500 g/mol. The number of pyridine rings is 2. The zero-order valence-electron chi connectivity index (χ0n) is 74.4. The highest BCUT2D eigenvalue weighted by Crippen LogP contribution is 2.47. The highest BCUT2D eigenvalue weighted by molar-refractivity contribution is 5.86. The van der Waals surface area contributed by atoms with Crippen LogP contribution < -0.4 is 49.0 Å². The Balaban J connectivity index is 0.000000649. The van der Waals surface area contributed by atoms with Crippen molar-refractivity contribution in [3.8, 4) is 0 Å². The smallest absolute Gasteiger partial charge is 0.178 e. The first-order chi connectivity index (χ1) is 53.5. The quantitative estimate of drug-likeness (QED) is 0.161. The second-order valence-corrected chi connectivity index (χ2v) is 23.4. The molecule has 0 saturated heterocycles. The Labute approximate surface area is 668 Å². The zero-order chi connectivity index (χ0) is 83.5. The van der Waals surface area contributed by atoms with Crippen molar-refractivity contribution in [2.24, 2.45) is 0 Å². The third-order valence-electron chi connectivity index (χ3n) is 18.1. The minimum Gasteiger partial charge on any atom is -0.352 e. The average molecular weight is 1500 g/mol. The Kier molecular flexibility index (Phi) is 46.1. The summed E-state index contributed by atoms with van der Waals surface area (Å²) in [6.45, 7) is 61.6. The largest absolute Gasteiger partial charge is 0.352 e. The molecule has 0 fully saturated rings. The van der Waals surface area contributed by atoms with E-state index in [2.05, 4.69) is 327 Å². The zero-order valence-corrected chi connectivity index (χ0v) is 74.4. The van der Waals surface area contributed by atoms with E-state index in [1.165, 1.54) is 79.0 Å². The molecule has 0 saturated carbocycles. The van der Waals surface area contributed by atoms with Crippen molar-refractivity contribution in [3.05, 3.63) is 224 Å². The molecule has 110 heavy (non-hydrogen) atoms. The standard InChI is InChI=1S/2C15H17N3.3C14H16N4.10C2H6/c1-11-6-4-5-7-13(11)18-12(2)17(3)15-10-16-9-8-14(15)18;1-11-6-4-5-7-13(11)18-12(2)17(3)14-8-9-16-10-15(14)18;1-10-6-4-5-7-12(10)18-11(2)17(3)14-13(18)8-15-9-16-14;1-10-6-4-5-7-12(10)18-11(2)17(3)13-8-15-9-16-14(13)18;1-10-6-4-5-7-12(10)18-11(2)17(3)13-14(18)16-9-8-15-13;10*1-2/h2*4-10,12H,1-3H3;3*4-9,11H,1-3H3;10*1-2H3/t2*12-;3*11-;;;;;;;;;;/m00000........../s1. The minimum absolute atomic E-state index is 0.225. The summed E-state index contributed by atoms with van der Waals surface area (Å²) in [6.07, 6.45) is 19.4. The van der Waals surface area contributed by atoms with Gasteiger partial charge in [-0.15, -0.1) is 0 Å². The molecule has 0 N–H and O–H groups in total. The topological polar surface area (TPSA) is 136 Å². The maximum Gasteiger partial charge on any atom is 0.178 e. The van der Waals surface area contributed by atoms with Gasteiger partial charge in [0.25, 0.3) is 0 Å². The maximum absolute atomic E-state index is 4.48. The molecule has 0 unspecified atom stereocenters. The highest BCUT2D eigenvalue weighted by atomic mass is 15.5. The molecule has 18 heteroatoms. The molecular formula is C92H142N18. The van der Waals surface area contributed by atoms with Crippen LogP contribution in [-0.2, 0) is 0 Å². The summed E-state index contributed by atoms with van der Waals surface area (Å²) in [5.41, 5.74) is 19.5. The SMILES string of the molecule is CC.CC.CC.CC.CC.CC.CC.CC.CC.CC.Cc1ccccc1N1c2ccncc2N(C)[C@@H]1C.Cc1ccccc1N1c2cnccc2N(C)[C@@H]1C.Cc1ccccc1N1c2cncnc2N(C)[C@@H]1C.Cc1ccccc1N1c2nccnc2N(C)[C@@H]1C.Cc1ccccc1N1c2ncncc2N(C)[C@@H]1C. The van der Waals surface area contributed by atoms with Crippen LogP contribution in [0.3, 0.4) is 0 Å². The molecule has 0 spiro atoms. The van der Waals surface area contributed by atoms with E-state index < -0.39 is 0 Å². The summed E-state index contributed by atoms with van der Waals surface area (Å²) in [7, 11) is 10.4. The number of para-hydroxylation sites is 5. The number of aryl methyl sites for hydroxylation is 5. The lowest BCUT2D eigenvalue weighted by atomic mass is 10.1. The summed E-state index contributed by atoms with van der Waals surface area (Å²) in [5, 5.41) is 0. The van der Waals surface area contributed by atoms with Crippen molar-refractivity contribution >= 4 is 85.8 Å². The van der Waals surface area contributed by atoms with Crippen molar-refractivity contribution in [1.29, 1.82) is 0 Å². The van der Waals surface area contributed by atoms with Crippen molar-refractivity contribution < 1.29 is 0 Å². The van der Waals surface area contributed by atoms with E-state index in [1.807, 2.05) is 176 Å². The molecule has 0 bridgehead atoms. The van der Waals surface area contributed by atoms with Gasteiger partial charge < -0.3 is 49.0 Å². The van der Waals surface area contributed by atoms with Crippen LogP contribution >= 0.6 is 0 Å². The maximum atomic E-state index is 4.48. The van der Waals surface area contributed by atoms with Gasteiger partial charge in [0.15, 0.2) is 23.3 Å². The first-order valence-corrected chi connectivity index (χ1v) is 40.7. The minimum atomic E-state index is 0.225. The van der Waals surface area contributed by atoms with E-state index in [1.54, 1.807) is 25.0 Å². The average Bonchev–Trinajstić information content (AvgIpc) is 1.66. The molecule has 600 valence electrons. The Morgan fingerprint density at radius 1 is 0.209 bits per heavy atom. The summed E-state index contributed by atoms with van der Waals surface area (Å²) < 4.78 is 0. The van der Waals surface area contributed by atoms with Crippen molar-refractivity contribution in [2.45, 2.75) is 239 Å². The number of anilines is 15. The van der Waals surface area contributed by atoms with Crippen molar-refractivity contribution in [2.75, 3.05) is 84.2 Å². The summed E-state index contributed by atoms with van der Waals surface area (Å²) >= 11 is 0. The lowest BCUT2D eigenvalue weighted by Crippen LogP contribution is -2.36. The van der Waals surface area contributed by atoms with Gasteiger partial charge in [0.2, 0.25) is 0 Å². The first-order valence-electron chi connectivity index (χ1n) is 40.7. The molecule has 5 aromatic heterocycles. The van der Waals surface area contributed by atoms with Gasteiger partial charge in [-0.1, -0.05) is 229 Å². The molecule has 10 aromatic rings. The molecule has 0 amide bonds. The van der Waals surface area contributed by atoms with Gasteiger partial charge in [-0.25, -0.2) is 29.9 Å². The van der Waals surface area contributed by atoms with Crippen molar-refractivity contribution in [3.63, 3.8) is 0 Å². The van der Waals surface area contributed by atoms with Crippen LogP contribution in [0.15, 0.2) is 196 Å². The van der Waals surface area contributed by atoms with Gasteiger partial charge in [-0.05, 0) is 140 Å². The molecule has 5 aliphatic rings. The van der Waals surface area contributed by atoms with Crippen LogP contribution in [0.2, 0.25) is 0 Å². The van der Waals surface area contributed by atoms with E-state index >= 15 is 0 Å². The predicted octanol–water partition coefficient (Wildman–Crippen LogP) is 25.1. The summed E-state index contributed by atoms with van der Waals surface area (Å²) in [4.78, 5) is 57.0. The third kappa shape index (κ3) is 22.9. The van der Waals surface area contributed by atoms with Crippen LogP contribution in [0.5, 0.6) is 0 Å². The van der Waals surface area contributed by atoms with Gasteiger partial charge in [0, 0.05) is 88.5 Å². The highest BCUT2D eigenvalue weighted by Gasteiger charge is 2.38. The van der Waals surface area contributed by atoms with E-state index in [4.69, 9.17) is 0 Å². The number of benzene rings is 5. The number of hydrogen-bond donors (Lipinski definition) is 0. The fourth-order valence-corrected chi connectivity index (χ4v) is 12.5. The Morgan fingerprint density at radius 3 is 0.882 bits per heavy atom. The Morgan fingerprint density at radius 2 is 0.473 bits per heavy atom. The van der Waals surface area contributed by atoms with E-state index in [0.717, 1.165) is 34.6 Å². The molecule has 5 aliphatic heterocycles. The van der Waals surface area contributed by atoms with E-state index in [-0.39, 0.29) is 18.5 Å².